The van der Waals surface area contributed by atoms with Crippen LogP contribution in [0.5, 0.6) is 0 Å². The number of allylic oxidation sites excluding steroid dienone is 12. The normalized spacial score (nSPS) is 12.6. The third-order valence-electron chi connectivity index (χ3n) is 10.8. The van der Waals surface area contributed by atoms with E-state index in [0.717, 1.165) is 89.9 Å². The lowest BCUT2D eigenvalue weighted by atomic mass is 10.1. The highest BCUT2D eigenvalue weighted by Crippen LogP contribution is 2.14. The van der Waals surface area contributed by atoms with Crippen molar-refractivity contribution in [3.63, 3.8) is 0 Å². The van der Waals surface area contributed by atoms with Crippen LogP contribution in [-0.2, 0) is 28.6 Å². The number of hydrogen-bond donors (Lipinski definition) is 0. The minimum atomic E-state index is -0.790. The van der Waals surface area contributed by atoms with E-state index in [4.69, 9.17) is 14.2 Å². The van der Waals surface area contributed by atoms with Crippen LogP contribution >= 0.6 is 0 Å². The van der Waals surface area contributed by atoms with Crippen molar-refractivity contribution in [3.8, 4) is 0 Å². The quantitative estimate of drug-likeness (QED) is 0.0200. The summed E-state index contributed by atoms with van der Waals surface area (Å²) in [5, 5.41) is 0. The van der Waals surface area contributed by atoms with Gasteiger partial charge in [0, 0.05) is 19.3 Å². The van der Waals surface area contributed by atoms with Gasteiger partial charge in [0.05, 0.1) is 0 Å². The SMILES string of the molecule is CC\C=C/C=C\C=C/CCCCCCCC(=O)OCC(COC(=O)CCCCCCCC/C=C\C=C/CCCCC)OC(=O)CCCCCCCCC/C=C\CCCCCC. The smallest absolute Gasteiger partial charge is 0.306 e. The van der Waals surface area contributed by atoms with E-state index in [0.29, 0.717) is 19.3 Å². The average molecular weight is 851 g/mol. The number of ether oxygens (including phenoxy) is 3. The summed E-state index contributed by atoms with van der Waals surface area (Å²) in [4.78, 5) is 37.9. The van der Waals surface area contributed by atoms with Crippen molar-refractivity contribution in [1.29, 1.82) is 0 Å². The summed E-state index contributed by atoms with van der Waals surface area (Å²) in [6.07, 6.45) is 61.6. The van der Waals surface area contributed by atoms with Gasteiger partial charge in [-0.25, -0.2) is 0 Å². The van der Waals surface area contributed by atoms with Crippen molar-refractivity contribution in [2.45, 2.75) is 245 Å². The molecule has 0 aromatic carbocycles. The Labute approximate surface area is 376 Å². The van der Waals surface area contributed by atoms with Gasteiger partial charge in [-0.2, -0.15) is 0 Å². The van der Waals surface area contributed by atoms with Gasteiger partial charge in [-0.3, -0.25) is 14.4 Å². The molecular formula is C55H94O6. The molecule has 0 aromatic rings. The molecule has 61 heavy (non-hydrogen) atoms. The van der Waals surface area contributed by atoms with Crippen molar-refractivity contribution in [2.24, 2.45) is 0 Å². The van der Waals surface area contributed by atoms with Crippen molar-refractivity contribution in [1.82, 2.24) is 0 Å². The first kappa shape index (κ1) is 57.9. The molecule has 0 saturated carbocycles. The van der Waals surface area contributed by atoms with Crippen LogP contribution in [0.2, 0.25) is 0 Å². The Bertz CT molecular complexity index is 1160. The van der Waals surface area contributed by atoms with Crippen LogP contribution in [0.1, 0.15) is 239 Å². The first-order valence-electron chi connectivity index (χ1n) is 25.5. The van der Waals surface area contributed by atoms with Gasteiger partial charge in [0.15, 0.2) is 6.10 Å². The second kappa shape index (κ2) is 49.5. The monoisotopic (exact) mass is 851 g/mol. The molecule has 0 aliphatic heterocycles. The number of carbonyl (C=O) groups is 3. The largest absolute Gasteiger partial charge is 0.462 e. The Hall–Kier alpha value is -3.15. The van der Waals surface area contributed by atoms with E-state index in [1.54, 1.807) is 0 Å². The molecule has 0 radical (unpaired) electrons. The molecule has 1 unspecified atom stereocenters. The standard InChI is InChI=1S/C55H94O6/c1-4-7-10-13-16-19-22-25-27-30-33-36-39-42-45-48-54(57)60-51-52(50-59-53(56)47-44-41-38-35-32-29-24-21-18-15-12-9-6-3)61-55(58)49-46-43-40-37-34-31-28-26-23-20-17-14-11-8-5-2/h9,12,15-16,18-25,52H,4-8,10-11,13-14,17,26-51H2,1-3H3/b12-9-,18-15-,19-16-,23-20-,24-21-,25-22-. The Morgan fingerprint density at radius 2 is 0.656 bits per heavy atom. The maximum Gasteiger partial charge on any atom is 0.306 e. The second-order valence-electron chi connectivity index (χ2n) is 16.8. The van der Waals surface area contributed by atoms with Gasteiger partial charge in [0.25, 0.3) is 0 Å². The third-order valence-corrected chi connectivity index (χ3v) is 10.8. The van der Waals surface area contributed by atoms with E-state index >= 15 is 0 Å². The van der Waals surface area contributed by atoms with E-state index in [-0.39, 0.29) is 31.1 Å². The summed E-state index contributed by atoms with van der Waals surface area (Å²) in [6, 6.07) is 0. The summed E-state index contributed by atoms with van der Waals surface area (Å²) in [5.74, 6) is -0.926. The number of rotatable bonds is 45. The molecule has 0 spiro atoms. The predicted molar refractivity (Wildman–Crippen MR) is 261 cm³/mol. The minimum Gasteiger partial charge on any atom is -0.462 e. The van der Waals surface area contributed by atoms with Crippen molar-refractivity contribution < 1.29 is 28.6 Å². The fourth-order valence-corrected chi connectivity index (χ4v) is 6.90. The first-order valence-corrected chi connectivity index (χ1v) is 25.5. The molecule has 0 aliphatic rings. The molecule has 0 aliphatic carbocycles. The molecule has 6 nitrogen and oxygen atoms in total. The fraction of sp³-hybridized carbons (Fsp3) is 0.727. The van der Waals surface area contributed by atoms with Crippen molar-refractivity contribution in [2.75, 3.05) is 13.2 Å². The van der Waals surface area contributed by atoms with Gasteiger partial charge in [-0.15, -0.1) is 0 Å². The predicted octanol–water partition coefficient (Wildman–Crippen LogP) is 16.6. The highest BCUT2D eigenvalue weighted by Gasteiger charge is 2.19. The molecule has 350 valence electrons. The maximum atomic E-state index is 12.8. The van der Waals surface area contributed by atoms with Crippen LogP contribution < -0.4 is 0 Å². The minimum absolute atomic E-state index is 0.0903. The number of esters is 3. The van der Waals surface area contributed by atoms with Gasteiger partial charge in [-0.05, 0) is 89.9 Å². The van der Waals surface area contributed by atoms with Crippen LogP contribution in [0.4, 0.5) is 0 Å². The summed E-state index contributed by atoms with van der Waals surface area (Å²) in [6.45, 7) is 6.43. The molecule has 1 atom stereocenters. The second-order valence-corrected chi connectivity index (χ2v) is 16.8. The molecule has 0 heterocycles. The van der Waals surface area contributed by atoms with Crippen LogP contribution in [0.15, 0.2) is 72.9 Å². The Balaban J connectivity index is 4.44. The van der Waals surface area contributed by atoms with E-state index in [2.05, 4.69) is 93.7 Å². The van der Waals surface area contributed by atoms with E-state index in [1.807, 2.05) is 0 Å². The zero-order chi connectivity index (χ0) is 44.4. The molecule has 0 aromatic heterocycles. The zero-order valence-electron chi connectivity index (χ0n) is 39.9. The fourth-order valence-electron chi connectivity index (χ4n) is 6.90. The van der Waals surface area contributed by atoms with Crippen LogP contribution in [0.3, 0.4) is 0 Å². The topological polar surface area (TPSA) is 78.9 Å². The molecule has 0 N–H and O–H groups in total. The first-order chi connectivity index (χ1) is 30.0. The number of hydrogen-bond acceptors (Lipinski definition) is 6. The molecule has 0 saturated heterocycles. The van der Waals surface area contributed by atoms with E-state index < -0.39 is 6.10 Å². The summed E-state index contributed by atoms with van der Waals surface area (Å²) < 4.78 is 16.8. The summed E-state index contributed by atoms with van der Waals surface area (Å²) in [5.41, 5.74) is 0. The molecular weight excluding hydrogens is 757 g/mol. The van der Waals surface area contributed by atoms with Gasteiger partial charge >= 0.3 is 17.9 Å². The van der Waals surface area contributed by atoms with E-state index in [1.165, 1.54) is 109 Å². The highest BCUT2D eigenvalue weighted by molar-refractivity contribution is 5.71. The Morgan fingerprint density at radius 3 is 1.08 bits per heavy atom. The summed E-state index contributed by atoms with van der Waals surface area (Å²) >= 11 is 0. The summed E-state index contributed by atoms with van der Waals surface area (Å²) in [7, 11) is 0. The van der Waals surface area contributed by atoms with Gasteiger partial charge < -0.3 is 14.2 Å². The van der Waals surface area contributed by atoms with Gasteiger partial charge in [0.1, 0.15) is 13.2 Å². The van der Waals surface area contributed by atoms with Crippen LogP contribution in [0.25, 0.3) is 0 Å². The molecule has 0 rings (SSSR count). The average Bonchev–Trinajstić information content (AvgIpc) is 3.26. The lowest BCUT2D eigenvalue weighted by molar-refractivity contribution is -0.167. The lowest BCUT2D eigenvalue weighted by Gasteiger charge is -2.18. The Morgan fingerprint density at radius 1 is 0.344 bits per heavy atom. The zero-order valence-corrected chi connectivity index (χ0v) is 39.9. The lowest BCUT2D eigenvalue weighted by Crippen LogP contribution is -2.30. The highest BCUT2D eigenvalue weighted by atomic mass is 16.6. The van der Waals surface area contributed by atoms with Crippen LogP contribution in [0, 0.1) is 0 Å². The van der Waals surface area contributed by atoms with Gasteiger partial charge in [-0.1, -0.05) is 203 Å². The number of carbonyl (C=O) groups excluding carboxylic acids is 3. The molecule has 0 bridgehead atoms. The molecule has 0 fully saturated rings. The van der Waals surface area contributed by atoms with Crippen molar-refractivity contribution in [3.05, 3.63) is 72.9 Å². The maximum absolute atomic E-state index is 12.8. The number of unbranched alkanes of at least 4 members (excludes halogenated alkanes) is 25. The third kappa shape index (κ3) is 47.7. The molecule has 0 amide bonds. The van der Waals surface area contributed by atoms with Crippen molar-refractivity contribution >= 4 is 17.9 Å². The Kier molecular flexibility index (Phi) is 46.9. The van der Waals surface area contributed by atoms with E-state index in [9.17, 15) is 14.4 Å². The van der Waals surface area contributed by atoms with Crippen LogP contribution in [-0.4, -0.2) is 37.2 Å². The molecule has 6 heteroatoms. The van der Waals surface area contributed by atoms with Gasteiger partial charge in [0.2, 0.25) is 0 Å².